The molecule has 0 saturated heterocycles. The highest BCUT2D eigenvalue weighted by Crippen LogP contribution is 2.11. The molecular formula is C10H16N2O2. The van der Waals surface area contributed by atoms with Crippen LogP contribution in [-0.2, 0) is 4.74 Å². The zero-order valence-corrected chi connectivity index (χ0v) is 8.62. The molecule has 0 bridgehead atoms. The van der Waals surface area contributed by atoms with E-state index in [0.717, 1.165) is 6.42 Å². The van der Waals surface area contributed by atoms with Crippen LogP contribution in [0.4, 0.5) is 0 Å². The van der Waals surface area contributed by atoms with Crippen LogP contribution in [0.3, 0.4) is 0 Å². The molecule has 0 saturated carbocycles. The molecule has 0 radical (unpaired) electrons. The van der Waals surface area contributed by atoms with Crippen LogP contribution in [0.25, 0.3) is 0 Å². The van der Waals surface area contributed by atoms with E-state index in [1.807, 2.05) is 6.92 Å². The summed E-state index contributed by atoms with van der Waals surface area (Å²) in [7, 11) is 1.67. The molecule has 1 rings (SSSR count). The van der Waals surface area contributed by atoms with Gasteiger partial charge in [-0.25, -0.2) is 4.98 Å². The van der Waals surface area contributed by atoms with Gasteiger partial charge in [0.15, 0.2) is 5.78 Å². The van der Waals surface area contributed by atoms with Crippen LogP contribution in [0.1, 0.15) is 30.3 Å². The third kappa shape index (κ3) is 3.30. The zero-order chi connectivity index (χ0) is 10.4. The third-order valence-electron chi connectivity index (χ3n) is 2.15. The lowest BCUT2D eigenvalue weighted by Gasteiger charge is -2.08. The van der Waals surface area contributed by atoms with Crippen molar-refractivity contribution < 1.29 is 9.53 Å². The Bertz CT molecular complexity index is 270. The average Bonchev–Trinajstić information content (AvgIpc) is 2.67. The first-order chi connectivity index (χ1) is 6.74. The summed E-state index contributed by atoms with van der Waals surface area (Å²) in [4.78, 5) is 18.2. The fourth-order valence-corrected chi connectivity index (χ4v) is 1.26. The first-order valence-electron chi connectivity index (χ1n) is 4.74. The first kappa shape index (κ1) is 10.9. The molecular weight excluding hydrogens is 180 g/mol. The number of methoxy groups -OCH3 is 1. The Labute approximate surface area is 83.7 Å². The van der Waals surface area contributed by atoms with Crippen molar-refractivity contribution >= 4 is 5.78 Å². The Morgan fingerprint density at radius 2 is 2.50 bits per heavy atom. The van der Waals surface area contributed by atoms with E-state index in [1.54, 1.807) is 13.3 Å². The van der Waals surface area contributed by atoms with Crippen LogP contribution in [-0.4, -0.2) is 29.5 Å². The van der Waals surface area contributed by atoms with Gasteiger partial charge in [-0.05, 0) is 12.3 Å². The number of hydrogen-bond acceptors (Lipinski definition) is 3. The van der Waals surface area contributed by atoms with Gasteiger partial charge in [-0.15, -0.1) is 0 Å². The molecule has 1 unspecified atom stereocenters. The second kappa shape index (κ2) is 5.54. The summed E-state index contributed by atoms with van der Waals surface area (Å²) >= 11 is 0. The molecule has 0 aliphatic rings. The van der Waals surface area contributed by atoms with Crippen molar-refractivity contribution in [3.63, 3.8) is 0 Å². The van der Waals surface area contributed by atoms with Crippen molar-refractivity contribution in [3.05, 3.63) is 18.2 Å². The zero-order valence-electron chi connectivity index (χ0n) is 8.62. The van der Waals surface area contributed by atoms with Gasteiger partial charge in [-0.1, -0.05) is 6.92 Å². The first-order valence-corrected chi connectivity index (χ1v) is 4.74. The van der Waals surface area contributed by atoms with E-state index >= 15 is 0 Å². The van der Waals surface area contributed by atoms with E-state index in [9.17, 15) is 4.79 Å². The lowest BCUT2D eigenvalue weighted by Crippen LogP contribution is -2.08. The van der Waals surface area contributed by atoms with Gasteiger partial charge in [0, 0.05) is 20.1 Å². The number of ether oxygens (including phenoxy) is 1. The van der Waals surface area contributed by atoms with E-state index < -0.39 is 0 Å². The quantitative estimate of drug-likeness (QED) is 0.704. The van der Waals surface area contributed by atoms with Crippen LogP contribution in [0, 0.1) is 5.92 Å². The maximum absolute atomic E-state index is 11.6. The molecule has 1 aromatic rings. The number of nitrogens with zero attached hydrogens (tertiary/aromatic N) is 1. The van der Waals surface area contributed by atoms with E-state index in [2.05, 4.69) is 9.97 Å². The molecule has 0 fully saturated rings. The van der Waals surface area contributed by atoms with Crippen molar-refractivity contribution in [3.8, 4) is 0 Å². The van der Waals surface area contributed by atoms with Crippen molar-refractivity contribution in [1.29, 1.82) is 0 Å². The number of carbonyl (C=O) groups excluding carboxylic acids is 1. The monoisotopic (exact) mass is 196 g/mol. The van der Waals surface area contributed by atoms with Gasteiger partial charge in [0.2, 0.25) is 0 Å². The molecule has 0 aliphatic heterocycles. The van der Waals surface area contributed by atoms with Gasteiger partial charge < -0.3 is 9.72 Å². The highest BCUT2D eigenvalue weighted by Gasteiger charge is 2.11. The summed E-state index contributed by atoms with van der Waals surface area (Å²) < 4.78 is 4.95. The van der Waals surface area contributed by atoms with E-state index in [-0.39, 0.29) is 5.78 Å². The smallest absolute Gasteiger partial charge is 0.180 e. The summed E-state index contributed by atoms with van der Waals surface area (Å²) in [6, 6.07) is 0. The molecule has 1 N–H and O–H groups in total. The van der Waals surface area contributed by atoms with E-state index in [0.29, 0.717) is 24.6 Å². The van der Waals surface area contributed by atoms with Crippen LogP contribution in [0.15, 0.2) is 12.5 Å². The molecule has 0 spiro atoms. The summed E-state index contributed by atoms with van der Waals surface area (Å²) in [5, 5.41) is 0. The van der Waals surface area contributed by atoms with Gasteiger partial charge in [-0.2, -0.15) is 0 Å². The minimum absolute atomic E-state index is 0.117. The molecule has 1 aromatic heterocycles. The number of nitrogens with one attached hydrogen (secondary N) is 1. The Morgan fingerprint density at radius 3 is 3.07 bits per heavy atom. The third-order valence-corrected chi connectivity index (χ3v) is 2.15. The molecule has 1 heterocycles. The summed E-state index contributed by atoms with van der Waals surface area (Å²) in [6.45, 7) is 2.75. The second-order valence-electron chi connectivity index (χ2n) is 3.48. The maximum Gasteiger partial charge on any atom is 0.180 e. The predicted molar refractivity (Wildman–Crippen MR) is 53.2 cm³/mol. The van der Waals surface area contributed by atoms with Crippen molar-refractivity contribution in [2.45, 2.75) is 19.8 Å². The number of Topliss-reactive ketones (excluding diaryl/α,β-unsaturated/α-hetero) is 1. The van der Waals surface area contributed by atoms with Gasteiger partial charge in [-0.3, -0.25) is 4.79 Å². The molecule has 4 nitrogen and oxygen atoms in total. The lowest BCUT2D eigenvalue weighted by molar-refractivity contribution is 0.0948. The molecule has 1 atom stereocenters. The Balaban J connectivity index is 2.34. The standard InChI is InChI=1S/C10H16N2O2/c1-8(3-4-14-2)5-10(13)9-6-11-7-12-9/h6-8H,3-5H2,1-2H3,(H,11,12). The number of imidazole rings is 1. The number of ketones is 1. The van der Waals surface area contributed by atoms with Crippen molar-refractivity contribution in [1.82, 2.24) is 9.97 Å². The number of aromatic nitrogens is 2. The normalized spacial score (nSPS) is 12.7. The largest absolute Gasteiger partial charge is 0.385 e. The maximum atomic E-state index is 11.6. The molecule has 0 amide bonds. The minimum Gasteiger partial charge on any atom is -0.385 e. The van der Waals surface area contributed by atoms with Crippen LogP contribution >= 0.6 is 0 Å². The van der Waals surface area contributed by atoms with Gasteiger partial charge in [0.05, 0.1) is 12.5 Å². The summed E-state index contributed by atoms with van der Waals surface area (Å²) in [6.07, 6.45) is 4.54. The lowest BCUT2D eigenvalue weighted by atomic mass is 10.0. The number of aromatic amines is 1. The van der Waals surface area contributed by atoms with Gasteiger partial charge in [0.1, 0.15) is 5.69 Å². The Hall–Kier alpha value is -1.16. The number of H-pyrrole nitrogens is 1. The fraction of sp³-hybridized carbons (Fsp3) is 0.600. The second-order valence-corrected chi connectivity index (χ2v) is 3.48. The molecule has 0 aliphatic carbocycles. The number of rotatable bonds is 6. The predicted octanol–water partition coefficient (Wildman–Crippen LogP) is 1.66. The van der Waals surface area contributed by atoms with Gasteiger partial charge in [0.25, 0.3) is 0 Å². The molecule has 78 valence electrons. The Kier molecular flexibility index (Phi) is 4.32. The van der Waals surface area contributed by atoms with E-state index in [4.69, 9.17) is 4.74 Å². The van der Waals surface area contributed by atoms with Crippen LogP contribution in [0.2, 0.25) is 0 Å². The highest BCUT2D eigenvalue weighted by atomic mass is 16.5. The van der Waals surface area contributed by atoms with Crippen LogP contribution < -0.4 is 0 Å². The van der Waals surface area contributed by atoms with Crippen molar-refractivity contribution in [2.75, 3.05) is 13.7 Å². The van der Waals surface area contributed by atoms with Crippen LogP contribution in [0.5, 0.6) is 0 Å². The fourth-order valence-electron chi connectivity index (χ4n) is 1.26. The average molecular weight is 196 g/mol. The highest BCUT2D eigenvalue weighted by molar-refractivity contribution is 5.94. The number of carbonyl (C=O) groups is 1. The molecule has 0 aromatic carbocycles. The van der Waals surface area contributed by atoms with Crippen molar-refractivity contribution in [2.24, 2.45) is 5.92 Å². The Morgan fingerprint density at radius 1 is 1.71 bits per heavy atom. The molecule has 14 heavy (non-hydrogen) atoms. The van der Waals surface area contributed by atoms with Gasteiger partial charge >= 0.3 is 0 Å². The summed E-state index contributed by atoms with van der Waals surface area (Å²) in [5.41, 5.74) is 0.592. The molecule has 4 heteroatoms. The summed E-state index contributed by atoms with van der Waals surface area (Å²) in [5.74, 6) is 0.469. The topological polar surface area (TPSA) is 55.0 Å². The number of hydrogen-bond donors (Lipinski definition) is 1. The minimum atomic E-state index is 0.117. The SMILES string of the molecule is COCCC(C)CC(=O)c1cnc[nH]1. The van der Waals surface area contributed by atoms with E-state index in [1.165, 1.54) is 6.33 Å².